The van der Waals surface area contributed by atoms with Gasteiger partial charge in [-0.15, -0.1) is 0 Å². The van der Waals surface area contributed by atoms with Crippen LogP contribution in [0.25, 0.3) is 11.0 Å². The minimum Gasteiger partial charge on any atom is -0.346 e. The maximum atomic E-state index is 12.2. The topological polar surface area (TPSA) is 62.6 Å². The standard InChI is InChI=1S/C14H17N5OS3/c1-18-5-7-19(8-6-18)14(21)22-9-12(20)15-10-3-2-4-11-13(10)17-23-16-11/h2-4H,5-9H2,1H3,(H,15,20)/p+1. The third kappa shape index (κ3) is 4.17. The van der Waals surface area contributed by atoms with Crippen molar-refractivity contribution in [2.75, 3.05) is 44.3 Å². The molecule has 3 rings (SSSR count). The molecule has 1 aliphatic rings. The average molecular weight is 369 g/mol. The Bertz CT molecular complexity index is 711. The highest BCUT2D eigenvalue weighted by Crippen LogP contribution is 2.21. The number of rotatable bonds is 3. The largest absolute Gasteiger partial charge is 0.346 e. The molecule has 2 N–H and O–H groups in total. The molecule has 9 heteroatoms. The van der Waals surface area contributed by atoms with Crippen LogP contribution in [0.2, 0.25) is 0 Å². The first kappa shape index (κ1) is 16.6. The second-order valence-electron chi connectivity index (χ2n) is 5.48. The monoisotopic (exact) mass is 368 g/mol. The molecule has 1 aromatic carbocycles. The van der Waals surface area contributed by atoms with Crippen molar-refractivity contribution >= 4 is 62.7 Å². The van der Waals surface area contributed by atoms with Crippen molar-refractivity contribution < 1.29 is 9.69 Å². The van der Waals surface area contributed by atoms with Crippen molar-refractivity contribution in [3.63, 3.8) is 0 Å². The summed E-state index contributed by atoms with van der Waals surface area (Å²) in [5.74, 6) is 0.240. The lowest BCUT2D eigenvalue weighted by atomic mass is 10.2. The molecule has 0 spiro atoms. The maximum Gasteiger partial charge on any atom is 0.234 e. The fourth-order valence-electron chi connectivity index (χ4n) is 2.38. The number of anilines is 1. The molecular weight excluding hydrogens is 350 g/mol. The van der Waals surface area contributed by atoms with Gasteiger partial charge in [-0.1, -0.05) is 30.0 Å². The Morgan fingerprint density at radius 2 is 2.22 bits per heavy atom. The van der Waals surface area contributed by atoms with Crippen LogP contribution in [-0.4, -0.2) is 62.9 Å². The number of quaternary nitrogens is 1. The van der Waals surface area contributed by atoms with Crippen molar-refractivity contribution in [2.45, 2.75) is 0 Å². The summed E-state index contributed by atoms with van der Waals surface area (Å²) in [5.41, 5.74) is 2.24. The quantitative estimate of drug-likeness (QED) is 0.769. The van der Waals surface area contributed by atoms with Gasteiger partial charge in [0.1, 0.15) is 15.4 Å². The van der Waals surface area contributed by atoms with Gasteiger partial charge in [0, 0.05) is 0 Å². The first-order chi connectivity index (χ1) is 11.1. The number of aromatic nitrogens is 2. The van der Waals surface area contributed by atoms with Gasteiger partial charge in [-0.05, 0) is 12.1 Å². The summed E-state index contributed by atoms with van der Waals surface area (Å²) in [5, 5.41) is 2.90. The van der Waals surface area contributed by atoms with Gasteiger partial charge in [-0.25, -0.2) is 0 Å². The minimum atomic E-state index is -0.0717. The highest BCUT2D eigenvalue weighted by molar-refractivity contribution is 8.23. The van der Waals surface area contributed by atoms with Gasteiger partial charge in [-0.2, -0.15) is 8.75 Å². The number of amides is 1. The van der Waals surface area contributed by atoms with Crippen LogP contribution in [-0.2, 0) is 4.79 Å². The third-order valence-electron chi connectivity index (χ3n) is 3.76. The number of nitrogens with one attached hydrogen (secondary N) is 2. The lowest BCUT2D eigenvalue weighted by Crippen LogP contribution is -3.12. The van der Waals surface area contributed by atoms with E-state index in [0.29, 0.717) is 11.4 Å². The zero-order valence-electron chi connectivity index (χ0n) is 12.7. The van der Waals surface area contributed by atoms with Crippen molar-refractivity contribution in [3.8, 4) is 0 Å². The molecule has 1 saturated heterocycles. The Morgan fingerprint density at radius 3 is 3.00 bits per heavy atom. The second-order valence-corrected chi connectivity index (χ2v) is 7.62. The van der Waals surface area contributed by atoms with Gasteiger partial charge in [0.15, 0.2) is 0 Å². The van der Waals surface area contributed by atoms with Crippen LogP contribution in [0.1, 0.15) is 0 Å². The lowest BCUT2D eigenvalue weighted by Gasteiger charge is -2.31. The molecule has 122 valence electrons. The van der Waals surface area contributed by atoms with Gasteiger partial charge in [0.25, 0.3) is 0 Å². The molecule has 2 aromatic rings. The molecule has 0 radical (unpaired) electrons. The summed E-state index contributed by atoms with van der Waals surface area (Å²) in [7, 11) is 2.19. The first-order valence-corrected chi connectivity index (χ1v) is 9.50. The molecule has 0 bridgehead atoms. The predicted molar refractivity (Wildman–Crippen MR) is 99.3 cm³/mol. The van der Waals surface area contributed by atoms with E-state index >= 15 is 0 Å². The fourth-order valence-corrected chi connectivity index (χ4v) is 3.98. The number of carbonyl (C=O) groups is 1. The molecule has 1 aromatic heterocycles. The molecule has 23 heavy (non-hydrogen) atoms. The number of thioether (sulfide) groups is 1. The van der Waals surface area contributed by atoms with Crippen LogP contribution in [0.15, 0.2) is 18.2 Å². The molecule has 0 saturated carbocycles. The highest BCUT2D eigenvalue weighted by Gasteiger charge is 2.19. The second kappa shape index (κ2) is 7.52. The zero-order valence-corrected chi connectivity index (χ0v) is 15.2. The molecule has 0 aliphatic carbocycles. The summed E-state index contributed by atoms with van der Waals surface area (Å²) in [6.07, 6.45) is 0. The maximum absolute atomic E-state index is 12.2. The van der Waals surface area contributed by atoms with Gasteiger partial charge in [0.2, 0.25) is 5.91 Å². The SMILES string of the molecule is C[NH+]1CCN(C(=S)SCC(=O)Nc2cccc3nsnc23)CC1. The number of thiocarbonyl (C=S) groups is 1. The Balaban J connectivity index is 1.52. The summed E-state index contributed by atoms with van der Waals surface area (Å²) in [6.45, 7) is 4.10. The van der Waals surface area contributed by atoms with Crippen LogP contribution in [0.4, 0.5) is 5.69 Å². The smallest absolute Gasteiger partial charge is 0.234 e. The molecule has 6 nitrogen and oxygen atoms in total. The average Bonchev–Trinajstić information content (AvgIpc) is 3.03. The van der Waals surface area contributed by atoms with E-state index < -0.39 is 0 Å². The fraction of sp³-hybridized carbons (Fsp3) is 0.429. The zero-order chi connectivity index (χ0) is 16.2. The highest BCUT2D eigenvalue weighted by atomic mass is 32.2. The Morgan fingerprint density at radius 1 is 1.43 bits per heavy atom. The number of hydrogen-bond acceptors (Lipinski definition) is 6. The summed E-state index contributed by atoms with van der Waals surface area (Å²) in [4.78, 5) is 15.9. The molecule has 0 unspecified atom stereocenters. The lowest BCUT2D eigenvalue weighted by molar-refractivity contribution is -0.883. The van der Waals surface area contributed by atoms with Gasteiger partial charge >= 0.3 is 0 Å². The van der Waals surface area contributed by atoms with Gasteiger partial charge in [0.05, 0.1) is 56.4 Å². The number of nitrogens with zero attached hydrogens (tertiary/aromatic N) is 3. The van der Waals surface area contributed by atoms with E-state index in [1.54, 1.807) is 0 Å². The van der Waals surface area contributed by atoms with Gasteiger partial charge < -0.3 is 15.1 Å². The predicted octanol–water partition coefficient (Wildman–Crippen LogP) is 0.478. The Labute approximate surface area is 148 Å². The van der Waals surface area contributed by atoms with Gasteiger partial charge in [-0.3, -0.25) is 4.79 Å². The minimum absolute atomic E-state index is 0.0717. The number of likely N-dealkylation sites (N-methyl/N-ethyl adjacent to an activating group) is 1. The van der Waals surface area contributed by atoms with Crippen LogP contribution in [0.5, 0.6) is 0 Å². The Hall–Kier alpha value is -1.29. The molecule has 2 heterocycles. The molecule has 1 fully saturated rings. The number of carbonyl (C=O) groups excluding carboxylic acids is 1. The molecular formula is C14H18N5OS3+. The van der Waals surface area contributed by atoms with E-state index in [1.165, 1.54) is 16.7 Å². The number of fused-ring (bicyclic) bond motifs is 1. The van der Waals surface area contributed by atoms with E-state index in [1.807, 2.05) is 18.2 Å². The van der Waals surface area contributed by atoms with E-state index in [9.17, 15) is 4.79 Å². The molecule has 1 amide bonds. The summed E-state index contributed by atoms with van der Waals surface area (Å²) in [6, 6.07) is 5.59. The molecule has 0 atom stereocenters. The van der Waals surface area contributed by atoms with Crippen LogP contribution >= 0.6 is 35.7 Å². The number of benzene rings is 1. The molecule has 1 aliphatic heterocycles. The van der Waals surface area contributed by atoms with Crippen LogP contribution in [0.3, 0.4) is 0 Å². The summed E-state index contributed by atoms with van der Waals surface area (Å²) >= 11 is 8.00. The number of hydrogen-bond donors (Lipinski definition) is 2. The van der Waals surface area contributed by atoms with Crippen molar-refractivity contribution in [1.82, 2.24) is 13.6 Å². The van der Waals surface area contributed by atoms with Crippen LogP contribution < -0.4 is 10.2 Å². The normalized spacial score (nSPS) is 15.8. The van der Waals surface area contributed by atoms with Crippen molar-refractivity contribution in [2.24, 2.45) is 0 Å². The van der Waals surface area contributed by atoms with E-state index in [-0.39, 0.29) is 5.91 Å². The Kier molecular flexibility index (Phi) is 5.42. The van der Waals surface area contributed by atoms with Crippen molar-refractivity contribution in [3.05, 3.63) is 18.2 Å². The van der Waals surface area contributed by atoms with Crippen LogP contribution in [0, 0.1) is 0 Å². The van der Waals surface area contributed by atoms with Crippen molar-refractivity contribution in [1.29, 1.82) is 0 Å². The van der Waals surface area contributed by atoms with E-state index in [0.717, 1.165) is 53.3 Å². The van der Waals surface area contributed by atoms with E-state index in [2.05, 4.69) is 26.0 Å². The third-order valence-corrected chi connectivity index (χ3v) is 5.83. The number of piperazine rings is 1. The first-order valence-electron chi connectivity index (χ1n) is 7.37. The summed E-state index contributed by atoms with van der Waals surface area (Å²) < 4.78 is 9.20. The van der Waals surface area contributed by atoms with E-state index in [4.69, 9.17) is 12.2 Å².